The number of benzene rings is 2. The summed E-state index contributed by atoms with van der Waals surface area (Å²) in [7, 11) is 0. The second-order valence-corrected chi connectivity index (χ2v) is 5.80. The van der Waals surface area contributed by atoms with Crippen molar-refractivity contribution < 1.29 is 0 Å². The maximum absolute atomic E-state index is 6.18. The molecule has 0 aliphatic rings. The number of nitrogens with two attached hydrogens (primary N) is 1. The minimum Gasteiger partial charge on any atom is -0.324 e. The maximum Gasteiger partial charge on any atom is 0.0453 e. The molecule has 0 bridgehead atoms. The van der Waals surface area contributed by atoms with Crippen molar-refractivity contribution in [3.8, 4) is 0 Å². The highest BCUT2D eigenvalue weighted by Gasteiger charge is 2.12. The first-order chi connectivity index (χ1) is 8.58. The molecule has 0 aromatic heterocycles. The lowest BCUT2D eigenvalue weighted by Crippen LogP contribution is -2.14. The van der Waals surface area contributed by atoms with E-state index >= 15 is 0 Å². The van der Waals surface area contributed by atoms with Crippen molar-refractivity contribution in [1.82, 2.24) is 0 Å². The third-order valence-corrected chi connectivity index (χ3v) is 3.95. The lowest BCUT2D eigenvalue weighted by Gasteiger charge is -2.14. The fourth-order valence-corrected chi connectivity index (χ4v) is 2.84. The molecule has 0 aliphatic heterocycles. The molecule has 1 atom stereocenters. The van der Waals surface area contributed by atoms with Crippen molar-refractivity contribution in [3.05, 3.63) is 68.1 Å². The molecule has 0 saturated heterocycles. The van der Waals surface area contributed by atoms with Gasteiger partial charge in [-0.2, -0.15) is 0 Å². The van der Waals surface area contributed by atoms with Crippen LogP contribution in [0.4, 0.5) is 0 Å². The summed E-state index contributed by atoms with van der Waals surface area (Å²) in [5, 5.41) is 1.41. The molecule has 1 unspecified atom stereocenters. The van der Waals surface area contributed by atoms with Crippen molar-refractivity contribution in [2.24, 2.45) is 5.73 Å². The van der Waals surface area contributed by atoms with Crippen LogP contribution in [0.2, 0.25) is 10.0 Å². The van der Waals surface area contributed by atoms with Crippen molar-refractivity contribution >= 4 is 39.1 Å². The Kier molecular flexibility index (Phi) is 4.68. The molecular weight excluding hydrogens is 333 g/mol. The third kappa shape index (κ3) is 3.27. The Morgan fingerprint density at radius 1 is 1.06 bits per heavy atom. The Morgan fingerprint density at radius 3 is 2.44 bits per heavy atom. The van der Waals surface area contributed by atoms with E-state index in [0.29, 0.717) is 16.5 Å². The molecule has 18 heavy (non-hydrogen) atoms. The van der Waals surface area contributed by atoms with Crippen LogP contribution >= 0.6 is 39.1 Å². The Labute approximate surface area is 125 Å². The smallest absolute Gasteiger partial charge is 0.0453 e. The molecular formula is C14H12BrCl2N. The quantitative estimate of drug-likeness (QED) is 0.833. The molecule has 0 aliphatic carbocycles. The van der Waals surface area contributed by atoms with Crippen LogP contribution in [0.15, 0.2) is 46.9 Å². The van der Waals surface area contributed by atoms with Crippen LogP contribution in [0, 0.1) is 0 Å². The topological polar surface area (TPSA) is 26.0 Å². The number of hydrogen-bond donors (Lipinski definition) is 1. The molecule has 2 rings (SSSR count). The first-order valence-corrected chi connectivity index (χ1v) is 7.07. The number of halogens is 3. The lowest BCUT2D eigenvalue weighted by molar-refractivity contribution is 0.722. The summed E-state index contributed by atoms with van der Waals surface area (Å²) < 4.78 is 0.961. The molecule has 0 heterocycles. The van der Waals surface area contributed by atoms with Gasteiger partial charge in [-0.3, -0.25) is 0 Å². The standard InChI is InChI=1S/C14H12BrCl2N/c15-10-6-5-9(13(17)8-10)7-14(18)11-3-1-2-4-12(11)16/h1-6,8,14H,7,18H2. The summed E-state index contributed by atoms with van der Waals surface area (Å²) in [6.07, 6.45) is 0.663. The minimum absolute atomic E-state index is 0.155. The predicted octanol–water partition coefficient (Wildman–Crippen LogP) is 5.00. The van der Waals surface area contributed by atoms with Crippen molar-refractivity contribution in [2.75, 3.05) is 0 Å². The molecule has 0 radical (unpaired) electrons. The van der Waals surface area contributed by atoms with E-state index in [1.165, 1.54) is 0 Å². The van der Waals surface area contributed by atoms with Crippen LogP contribution in [-0.4, -0.2) is 0 Å². The average Bonchev–Trinajstić information content (AvgIpc) is 2.33. The van der Waals surface area contributed by atoms with Gasteiger partial charge in [0.05, 0.1) is 0 Å². The molecule has 0 fully saturated rings. The SMILES string of the molecule is NC(Cc1ccc(Br)cc1Cl)c1ccccc1Cl. The Balaban J connectivity index is 2.21. The summed E-state index contributed by atoms with van der Waals surface area (Å²) in [5.74, 6) is 0. The highest BCUT2D eigenvalue weighted by molar-refractivity contribution is 9.10. The molecule has 2 aromatic carbocycles. The molecule has 94 valence electrons. The normalized spacial score (nSPS) is 12.4. The summed E-state index contributed by atoms with van der Waals surface area (Å²) in [6, 6.07) is 13.3. The van der Waals surface area contributed by atoms with Crippen LogP contribution in [0.1, 0.15) is 17.2 Å². The molecule has 0 amide bonds. The van der Waals surface area contributed by atoms with Crippen molar-refractivity contribution in [3.63, 3.8) is 0 Å². The van der Waals surface area contributed by atoms with E-state index in [0.717, 1.165) is 15.6 Å². The lowest BCUT2D eigenvalue weighted by atomic mass is 10.00. The van der Waals surface area contributed by atoms with Crippen LogP contribution in [0.3, 0.4) is 0 Å². The molecule has 0 saturated carbocycles. The second kappa shape index (κ2) is 6.07. The molecule has 2 aromatic rings. The minimum atomic E-state index is -0.155. The molecule has 0 spiro atoms. The zero-order valence-corrected chi connectivity index (χ0v) is 12.6. The second-order valence-electron chi connectivity index (χ2n) is 4.07. The summed E-state index contributed by atoms with van der Waals surface area (Å²) >= 11 is 15.7. The van der Waals surface area contributed by atoms with Gasteiger partial charge >= 0.3 is 0 Å². The van der Waals surface area contributed by atoms with E-state index in [9.17, 15) is 0 Å². The molecule has 2 N–H and O–H groups in total. The van der Waals surface area contributed by atoms with E-state index in [4.69, 9.17) is 28.9 Å². The fourth-order valence-electron chi connectivity index (χ4n) is 1.81. The van der Waals surface area contributed by atoms with E-state index in [2.05, 4.69) is 15.9 Å². The summed E-state index contributed by atoms with van der Waals surface area (Å²) in [5.41, 5.74) is 8.14. The van der Waals surface area contributed by atoms with Crippen molar-refractivity contribution in [2.45, 2.75) is 12.5 Å². The van der Waals surface area contributed by atoms with Gasteiger partial charge in [0.1, 0.15) is 0 Å². The zero-order valence-electron chi connectivity index (χ0n) is 9.54. The highest BCUT2D eigenvalue weighted by Crippen LogP contribution is 2.28. The first kappa shape index (κ1) is 13.9. The monoisotopic (exact) mass is 343 g/mol. The Morgan fingerprint density at radius 2 is 1.78 bits per heavy atom. The maximum atomic E-state index is 6.18. The molecule has 1 nitrogen and oxygen atoms in total. The Bertz CT molecular complexity index is 557. The highest BCUT2D eigenvalue weighted by atomic mass is 79.9. The van der Waals surface area contributed by atoms with Crippen molar-refractivity contribution in [1.29, 1.82) is 0 Å². The summed E-state index contributed by atoms with van der Waals surface area (Å²) in [6.45, 7) is 0. The van der Waals surface area contributed by atoms with Gasteiger partial charge < -0.3 is 5.73 Å². The van der Waals surface area contributed by atoms with E-state index in [1.54, 1.807) is 0 Å². The predicted molar refractivity (Wildman–Crippen MR) is 81.2 cm³/mol. The largest absolute Gasteiger partial charge is 0.324 e. The van der Waals surface area contributed by atoms with Gasteiger partial charge in [-0.1, -0.05) is 63.4 Å². The summed E-state index contributed by atoms with van der Waals surface area (Å²) in [4.78, 5) is 0. The fraction of sp³-hybridized carbons (Fsp3) is 0.143. The van der Waals surface area contributed by atoms with E-state index < -0.39 is 0 Å². The van der Waals surface area contributed by atoms with Gasteiger partial charge in [0.2, 0.25) is 0 Å². The number of hydrogen-bond acceptors (Lipinski definition) is 1. The van der Waals surface area contributed by atoms with Crippen LogP contribution in [-0.2, 0) is 6.42 Å². The van der Waals surface area contributed by atoms with E-state index in [1.807, 2.05) is 42.5 Å². The zero-order chi connectivity index (χ0) is 13.1. The third-order valence-electron chi connectivity index (χ3n) is 2.76. The number of rotatable bonds is 3. The van der Waals surface area contributed by atoms with Gasteiger partial charge in [-0.25, -0.2) is 0 Å². The average molecular weight is 345 g/mol. The van der Waals surface area contributed by atoms with Gasteiger partial charge in [0.15, 0.2) is 0 Å². The first-order valence-electron chi connectivity index (χ1n) is 5.52. The van der Waals surface area contributed by atoms with Gasteiger partial charge in [0, 0.05) is 20.6 Å². The van der Waals surface area contributed by atoms with Crippen LogP contribution in [0.5, 0.6) is 0 Å². The van der Waals surface area contributed by atoms with Crippen LogP contribution in [0.25, 0.3) is 0 Å². The Hall–Kier alpha value is -0.540. The van der Waals surface area contributed by atoms with Gasteiger partial charge in [0.25, 0.3) is 0 Å². The van der Waals surface area contributed by atoms with Gasteiger partial charge in [-0.15, -0.1) is 0 Å². The van der Waals surface area contributed by atoms with E-state index in [-0.39, 0.29) is 6.04 Å². The van der Waals surface area contributed by atoms with Gasteiger partial charge in [-0.05, 0) is 35.7 Å². The molecule has 4 heteroatoms. The van der Waals surface area contributed by atoms with Crippen LogP contribution < -0.4 is 5.73 Å².